The minimum atomic E-state index is -0.271. The van der Waals surface area contributed by atoms with Gasteiger partial charge in [-0.05, 0) is 49.9 Å². The number of nitrogens with zero attached hydrogens (tertiary/aromatic N) is 1. The highest BCUT2D eigenvalue weighted by Gasteiger charge is 2.29. The number of hydrogen-bond acceptors (Lipinski definition) is 3. The van der Waals surface area contributed by atoms with E-state index in [-0.39, 0.29) is 17.9 Å². The maximum absolute atomic E-state index is 12.4. The average Bonchev–Trinajstić information content (AvgIpc) is 3.10. The fourth-order valence-electron chi connectivity index (χ4n) is 3.67. The number of hydrogen-bond donors (Lipinski definition) is 2. The van der Waals surface area contributed by atoms with Crippen molar-refractivity contribution in [2.45, 2.75) is 45.2 Å². The topological polar surface area (TPSA) is 75.4 Å². The molecule has 2 aromatic rings. The van der Waals surface area contributed by atoms with Gasteiger partial charge in [-0.2, -0.15) is 0 Å². The smallest absolute Gasteiger partial charge is 0.234 e. The van der Waals surface area contributed by atoms with E-state index in [1.807, 2.05) is 36.4 Å². The number of para-hydroxylation sites is 1. The molecule has 27 heavy (non-hydrogen) atoms. The van der Waals surface area contributed by atoms with Gasteiger partial charge in [-0.1, -0.05) is 48.0 Å². The third-order valence-corrected chi connectivity index (χ3v) is 5.08. The molecule has 142 valence electrons. The molecule has 1 aliphatic heterocycles. The van der Waals surface area contributed by atoms with Gasteiger partial charge in [0.2, 0.25) is 11.8 Å². The molecule has 2 aromatic carbocycles. The van der Waals surface area contributed by atoms with Gasteiger partial charge in [0.05, 0.1) is 6.04 Å². The van der Waals surface area contributed by atoms with Crippen molar-refractivity contribution in [2.75, 3.05) is 11.9 Å². The lowest BCUT2D eigenvalue weighted by atomic mass is 10.1. The number of benzene rings is 2. The Hall–Kier alpha value is -2.66. The molecule has 1 aliphatic rings. The molecule has 2 amide bonds. The van der Waals surface area contributed by atoms with Crippen LogP contribution in [-0.2, 0) is 22.6 Å². The molecule has 5 nitrogen and oxygen atoms in total. The van der Waals surface area contributed by atoms with Gasteiger partial charge in [-0.25, -0.2) is 0 Å². The minimum absolute atomic E-state index is 0.00294. The van der Waals surface area contributed by atoms with E-state index >= 15 is 0 Å². The second-order valence-corrected chi connectivity index (χ2v) is 7.23. The third-order valence-electron chi connectivity index (χ3n) is 5.08. The van der Waals surface area contributed by atoms with Crippen LogP contribution in [0.2, 0.25) is 0 Å². The number of amides is 2. The number of anilines is 1. The largest absolute Gasteiger partial charge is 0.368 e. The van der Waals surface area contributed by atoms with Gasteiger partial charge in [0.15, 0.2) is 0 Å². The molecule has 0 aromatic heterocycles. The first-order valence-corrected chi connectivity index (χ1v) is 9.49. The molecule has 3 rings (SSSR count). The van der Waals surface area contributed by atoms with E-state index in [2.05, 4.69) is 29.3 Å². The summed E-state index contributed by atoms with van der Waals surface area (Å²) in [7, 11) is 0. The zero-order valence-electron chi connectivity index (χ0n) is 15.8. The lowest BCUT2D eigenvalue weighted by molar-refractivity contribution is -0.122. The van der Waals surface area contributed by atoms with Crippen molar-refractivity contribution >= 4 is 17.5 Å². The number of aryl methyl sites for hydroxylation is 2. The fourth-order valence-corrected chi connectivity index (χ4v) is 3.67. The quantitative estimate of drug-likeness (QED) is 0.792. The van der Waals surface area contributed by atoms with E-state index in [9.17, 15) is 9.59 Å². The number of likely N-dealkylation sites (tertiary alicyclic amines) is 1. The maximum Gasteiger partial charge on any atom is 0.234 e. The Kier molecular flexibility index (Phi) is 6.24. The summed E-state index contributed by atoms with van der Waals surface area (Å²) in [6.45, 7) is 3.52. The molecule has 5 heteroatoms. The summed E-state index contributed by atoms with van der Waals surface area (Å²) in [6, 6.07) is 15.8. The first-order chi connectivity index (χ1) is 13.0. The van der Waals surface area contributed by atoms with Crippen LogP contribution in [-0.4, -0.2) is 29.3 Å². The number of rotatable bonds is 7. The van der Waals surface area contributed by atoms with Crippen LogP contribution in [0.15, 0.2) is 48.5 Å². The van der Waals surface area contributed by atoms with E-state index in [0.29, 0.717) is 19.4 Å². The lowest BCUT2D eigenvalue weighted by Gasteiger charge is -2.23. The summed E-state index contributed by atoms with van der Waals surface area (Å²) >= 11 is 0. The maximum atomic E-state index is 12.4. The van der Waals surface area contributed by atoms with Crippen molar-refractivity contribution in [3.05, 3.63) is 65.2 Å². The van der Waals surface area contributed by atoms with Gasteiger partial charge in [0.1, 0.15) is 0 Å². The Bertz CT molecular complexity index is 819. The van der Waals surface area contributed by atoms with Crippen LogP contribution in [0, 0.1) is 6.92 Å². The van der Waals surface area contributed by atoms with Crippen molar-refractivity contribution in [1.29, 1.82) is 0 Å². The van der Waals surface area contributed by atoms with Gasteiger partial charge < -0.3 is 11.1 Å². The minimum Gasteiger partial charge on any atom is -0.368 e. The SMILES string of the molecule is Cc1cccc(CCC(=O)Nc2ccccc2CN2CCCC2C(N)=O)c1. The predicted octanol–water partition coefficient (Wildman–Crippen LogP) is 3.02. The second-order valence-electron chi connectivity index (χ2n) is 7.23. The molecule has 0 spiro atoms. The first kappa shape index (κ1) is 19.1. The molecule has 1 heterocycles. The normalized spacial score (nSPS) is 17.0. The van der Waals surface area contributed by atoms with Gasteiger partial charge in [0, 0.05) is 18.7 Å². The molecule has 0 radical (unpaired) electrons. The Morgan fingerprint density at radius 1 is 1.19 bits per heavy atom. The first-order valence-electron chi connectivity index (χ1n) is 9.49. The van der Waals surface area contributed by atoms with Crippen LogP contribution in [0.5, 0.6) is 0 Å². The molecule has 0 saturated carbocycles. The van der Waals surface area contributed by atoms with E-state index in [1.165, 1.54) is 11.1 Å². The van der Waals surface area contributed by atoms with Gasteiger partial charge in [-0.3, -0.25) is 14.5 Å². The zero-order chi connectivity index (χ0) is 19.2. The summed E-state index contributed by atoms with van der Waals surface area (Å²) in [4.78, 5) is 26.2. The summed E-state index contributed by atoms with van der Waals surface area (Å²) in [5.74, 6) is -0.274. The summed E-state index contributed by atoms with van der Waals surface area (Å²) in [6.07, 6.45) is 2.93. The van der Waals surface area contributed by atoms with Crippen molar-refractivity contribution < 1.29 is 9.59 Å². The Labute approximate surface area is 160 Å². The Morgan fingerprint density at radius 3 is 2.78 bits per heavy atom. The van der Waals surface area contributed by atoms with Crippen molar-refractivity contribution in [1.82, 2.24) is 4.90 Å². The van der Waals surface area contributed by atoms with Gasteiger partial charge in [-0.15, -0.1) is 0 Å². The summed E-state index contributed by atoms with van der Waals surface area (Å²) in [5, 5.41) is 3.03. The van der Waals surface area contributed by atoms with Crippen molar-refractivity contribution in [2.24, 2.45) is 5.73 Å². The van der Waals surface area contributed by atoms with E-state index < -0.39 is 0 Å². The third kappa shape index (κ3) is 5.17. The standard InChI is InChI=1S/C22H27N3O2/c1-16-6-4-7-17(14-16)11-12-21(26)24-19-9-3-2-8-18(19)15-25-13-5-10-20(25)22(23)27/h2-4,6-9,14,20H,5,10-13,15H2,1H3,(H2,23,27)(H,24,26). The molecular formula is C22H27N3O2. The lowest BCUT2D eigenvalue weighted by Crippen LogP contribution is -2.39. The van der Waals surface area contributed by atoms with Crippen LogP contribution < -0.4 is 11.1 Å². The highest BCUT2D eigenvalue weighted by atomic mass is 16.2. The van der Waals surface area contributed by atoms with E-state index in [1.54, 1.807) is 0 Å². The summed E-state index contributed by atoms with van der Waals surface area (Å²) in [5.41, 5.74) is 9.70. The van der Waals surface area contributed by atoms with E-state index in [0.717, 1.165) is 30.6 Å². The number of carbonyl (C=O) groups excluding carboxylic acids is 2. The monoisotopic (exact) mass is 365 g/mol. The van der Waals surface area contributed by atoms with Crippen molar-refractivity contribution in [3.8, 4) is 0 Å². The highest BCUT2D eigenvalue weighted by Crippen LogP contribution is 2.24. The Balaban J connectivity index is 1.61. The second kappa shape index (κ2) is 8.82. The number of nitrogens with two attached hydrogens (primary N) is 1. The van der Waals surface area contributed by atoms with Crippen LogP contribution in [0.3, 0.4) is 0 Å². The molecule has 1 saturated heterocycles. The molecular weight excluding hydrogens is 338 g/mol. The van der Waals surface area contributed by atoms with Crippen LogP contribution >= 0.6 is 0 Å². The van der Waals surface area contributed by atoms with Crippen molar-refractivity contribution in [3.63, 3.8) is 0 Å². The van der Waals surface area contributed by atoms with Gasteiger partial charge >= 0.3 is 0 Å². The number of carbonyl (C=O) groups is 2. The number of primary amides is 1. The molecule has 1 unspecified atom stereocenters. The molecule has 3 N–H and O–H groups in total. The molecule has 0 bridgehead atoms. The van der Waals surface area contributed by atoms with Crippen LogP contribution in [0.25, 0.3) is 0 Å². The molecule has 0 aliphatic carbocycles. The number of nitrogens with one attached hydrogen (secondary N) is 1. The van der Waals surface area contributed by atoms with Crippen LogP contribution in [0.4, 0.5) is 5.69 Å². The molecule has 1 atom stereocenters. The summed E-state index contributed by atoms with van der Waals surface area (Å²) < 4.78 is 0. The average molecular weight is 365 g/mol. The Morgan fingerprint density at radius 2 is 2.00 bits per heavy atom. The fraction of sp³-hybridized carbons (Fsp3) is 0.364. The zero-order valence-corrected chi connectivity index (χ0v) is 15.8. The highest BCUT2D eigenvalue weighted by molar-refractivity contribution is 5.91. The van der Waals surface area contributed by atoms with E-state index in [4.69, 9.17) is 5.73 Å². The van der Waals surface area contributed by atoms with Gasteiger partial charge in [0.25, 0.3) is 0 Å². The molecule has 1 fully saturated rings. The predicted molar refractivity (Wildman–Crippen MR) is 107 cm³/mol. The van der Waals surface area contributed by atoms with Crippen LogP contribution in [0.1, 0.15) is 36.0 Å².